The fourth-order valence-electron chi connectivity index (χ4n) is 1.22. The van der Waals surface area contributed by atoms with Crippen molar-refractivity contribution in [2.45, 2.75) is 13.0 Å². The van der Waals surface area contributed by atoms with Crippen LogP contribution in [0.15, 0.2) is 18.2 Å². The van der Waals surface area contributed by atoms with Gasteiger partial charge in [0.05, 0.1) is 13.2 Å². The van der Waals surface area contributed by atoms with Crippen molar-refractivity contribution in [1.29, 1.82) is 0 Å². The van der Waals surface area contributed by atoms with Crippen molar-refractivity contribution in [2.24, 2.45) is 5.73 Å². The number of ether oxygens (including phenoxy) is 1. The molecule has 1 unspecified atom stereocenters. The zero-order valence-corrected chi connectivity index (χ0v) is 7.88. The average molecular weight is 183 g/mol. The smallest absolute Gasteiger partial charge is 0.121 e. The third-order valence-electron chi connectivity index (χ3n) is 2.01. The second kappa shape index (κ2) is 4.23. The predicted octanol–water partition coefficient (Wildman–Crippen LogP) is 1.97. The van der Waals surface area contributed by atoms with E-state index in [-0.39, 0.29) is 0 Å². The predicted molar refractivity (Wildman–Crippen MR) is 50.6 cm³/mol. The summed E-state index contributed by atoms with van der Waals surface area (Å²) in [5, 5.41) is 0. The molecular formula is C10H14FNO. The van der Waals surface area contributed by atoms with Crippen molar-refractivity contribution in [3.05, 3.63) is 29.3 Å². The van der Waals surface area contributed by atoms with Gasteiger partial charge in [0, 0.05) is 0 Å². The molecule has 2 N–H and O–H groups in total. The van der Waals surface area contributed by atoms with E-state index in [9.17, 15) is 4.39 Å². The summed E-state index contributed by atoms with van der Waals surface area (Å²) >= 11 is 0. The minimum absolute atomic E-state index is 0.524. The molecule has 0 amide bonds. The number of rotatable bonds is 3. The first-order chi connectivity index (χ1) is 6.19. The lowest BCUT2D eigenvalue weighted by atomic mass is 10.1. The molecule has 0 aliphatic rings. The Hall–Kier alpha value is -1.09. The normalized spacial score (nSPS) is 12.6. The average Bonchev–Trinajstić information content (AvgIpc) is 2.16. The van der Waals surface area contributed by atoms with Crippen molar-refractivity contribution in [2.75, 3.05) is 13.8 Å². The molecule has 72 valence electrons. The Morgan fingerprint density at radius 3 is 2.69 bits per heavy atom. The van der Waals surface area contributed by atoms with Crippen LogP contribution in [0, 0.1) is 6.92 Å². The topological polar surface area (TPSA) is 35.2 Å². The second-order valence-electron chi connectivity index (χ2n) is 2.99. The van der Waals surface area contributed by atoms with E-state index in [0.717, 1.165) is 16.9 Å². The number of hydrogen-bond donors (Lipinski definition) is 1. The van der Waals surface area contributed by atoms with Gasteiger partial charge in [-0.2, -0.15) is 0 Å². The summed E-state index contributed by atoms with van der Waals surface area (Å²) in [6.45, 7) is 1.37. The molecule has 0 aliphatic carbocycles. The fraction of sp³-hybridized carbons (Fsp3) is 0.400. The Balaban J connectivity index is 2.95. The summed E-state index contributed by atoms with van der Waals surface area (Å²) in [7, 11) is 1.61. The molecule has 13 heavy (non-hydrogen) atoms. The molecule has 3 heteroatoms. The molecular weight excluding hydrogens is 169 g/mol. The zero-order chi connectivity index (χ0) is 9.84. The molecule has 0 bridgehead atoms. The van der Waals surface area contributed by atoms with E-state index in [1.54, 1.807) is 19.2 Å². The fourth-order valence-corrected chi connectivity index (χ4v) is 1.22. The molecule has 0 radical (unpaired) electrons. The van der Waals surface area contributed by atoms with Gasteiger partial charge < -0.3 is 10.5 Å². The maximum absolute atomic E-state index is 12.2. The van der Waals surface area contributed by atoms with E-state index < -0.39 is 12.7 Å². The summed E-state index contributed by atoms with van der Waals surface area (Å²) in [5.74, 6) is 0.801. The van der Waals surface area contributed by atoms with Crippen molar-refractivity contribution in [3.63, 3.8) is 0 Å². The molecule has 0 aliphatic heterocycles. The van der Waals surface area contributed by atoms with Crippen LogP contribution in [0.5, 0.6) is 5.75 Å². The molecule has 2 nitrogen and oxygen atoms in total. The minimum Gasteiger partial charge on any atom is -0.496 e. The Kier molecular flexibility index (Phi) is 3.25. The summed E-state index contributed by atoms with van der Waals surface area (Å²) in [5.41, 5.74) is 7.32. The Bertz CT molecular complexity index is 288. The first kappa shape index (κ1) is 9.99. The Morgan fingerprint density at radius 2 is 2.23 bits per heavy atom. The first-order valence-corrected chi connectivity index (χ1v) is 4.15. The number of methoxy groups -OCH3 is 1. The highest BCUT2D eigenvalue weighted by atomic mass is 19.1. The summed E-state index contributed by atoms with van der Waals surface area (Å²) in [4.78, 5) is 0. The van der Waals surface area contributed by atoms with Crippen molar-refractivity contribution < 1.29 is 9.13 Å². The maximum atomic E-state index is 12.2. The van der Waals surface area contributed by atoms with Gasteiger partial charge in [0.2, 0.25) is 0 Å². The molecule has 0 saturated carbocycles. The van der Waals surface area contributed by atoms with E-state index in [4.69, 9.17) is 10.5 Å². The first-order valence-electron chi connectivity index (χ1n) is 4.15. The molecule has 0 aromatic heterocycles. The zero-order valence-electron chi connectivity index (χ0n) is 7.88. The number of aryl methyl sites for hydroxylation is 1. The van der Waals surface area contributed by atoms with E-state index in [1.165, 1.54) is 0 Å². The highest BCUT2D eigenvalue weighted by Crippen LogP contribution is 2.21. The number of alkyl halides is 1. The number of halogens is 1. The summed E-state index contributed by atoms with van der Waals surface area (Å²) in [6.07, 6.45) is 0. The second-order valence-corrected chi connectivity index (χ2v) is 2.99. The van der Waals surface area contributed by atoms with E-state index in [1.807, 2.05) is 13.0 Å². The van der Waals surface area contributed by atoms with Gasteiger partial charge in [-0.3, -0.25) is 0 Å². The molecule has 1 aromatic carbocycles. The maximum Gasteiger partial charge on any atom is 0.121 e. The summed E-state index contributed by atoms with van der Waals surface area (Å²) < 4.78 is 17.3. The molecule has 1 rings (SSSR count). The van der Waals surface area contributed by atoms with Crippen molar-refractivity contribution >= 4 is 0 Å². The van der Waals surface area contributed by atoms with Gasteiger partial charge in [0.25, 0.3) is 0 Å². The molecule has 1 atom stereocenters. The van der Waals surface area contributed by atoms with E-state index >= 15 is 0 Å². The van der Waals surface area contributed by atoms with Crippen LogP contribution in [0.4, 0.5) is 4.39 Å². The van der Waals surface area contributed by atoms with Gasteiger partial charge in [-0.25, -0.2) is 4.39 Å². The highest BCUT2D eigenvalue weighted by molar-refractivity contribution is 5.37. The van der Waals surface area contributed by atoms with Gasteiger partial charge in [-0.05, 0) is 24.1 Å². The number of benzene rings is 1. The van der Waals surface area contributed by atoms with Gasteiger partial charge in [0.15, 0.2) is 0 Å². The lowest BCUT2D eigenvalue weighted by Gasteiger charge is -2.10. The van der Waals surface area contributed by atoms with Crippen LogP contribution in [0.25, 0.3) is 0 Å². The lowest BCUT2D eigenvalue weighted by Crippen LogP contribution is -2.12. The van der Waals surface area contributed by atoms with Gasteiger partial charge >= 0.3 is 0 Å². The third-order valence-corrected chi connectivity index (χ3v) is 2.01. The largest absolute Gasteiger partial charge is 0.496 e. The van der Waals surface area contributed by atoms with Crippen LogP contribution in [0.1, 0.15) is 17.2 Å². The van der Waals surface area contributed by atoms with Gasteiger partial charge in [-0.1, -0.05) is 12.1 Å². The van der Waals surface area contributed by atoms with Crippen LogP contribution in [-0.4, -0.2) is 13.8 Å². The molecule has 1 aromatic rings. The SMILES string of the molecule is COc1ccc(C(N)CF)cc1C. The highest BCUT2D eigenvalue weighted by Gasteiger charge is 2.06. The van der Waals surface area contributed by atoms with Crippen molar-refractivity contribution in [1.82, 2.24) is 0 Å². The molecule has 0 spiro atoms. The standard InChI is InChI=1S/C10H14FNO/c1-7-5-8(9(12)6-11)3-4-10(7)13-2/h3-5,9H,6,12H2,1-2H3. The van der Waals surface area contributed by atoms with Crippen LogP contribution in [0.3, 0.4) is 0 Å². The Morgan fingerprint density at radius 1 is 1.54 bits per heavy atom. The molecule has 0 fully saturated rings. The summed E-state index contributed by atoms with van der Waals surface area (Å²) in [6, 6.07) is 4.92. The number of nitrogens with two attached hydrogens (primary N) is 1. The number of hydrogen-bond acceptors (Lipinski definition) is 2. The minimum atomic E-state index is -0.536. The molecule has 0 heterocycles. The molecule has 0 saturated heterocycles. The monoisotopic (exact) mass is 183 g/mol. The third kappa shape index (κ3) is 2.18. The van der Waals surface area contributed by atoms with Crippen molar-refractivity contribution in [3.8, 4) is 5.75 Å². The quantitative estimate of drug-likeness (QED) is 0.777. The van der Waals surface area contributed by atoms with Crippen LogP contribution >= 0.6 is 0 Å². The van der Waals surface area contributed by atoms with Crippen LogP contribution in [0.2, 0.25) is 0 Å². The van der Waals surface area contributed by atoms with E-state index in [2.05, 4.69) is 0 Å². The Labute approximate surface area is 77.5 Å². The van der Waals surface area contributed by atoms with Crippen LogP contribution < -0.4 is 10.5 Å². The lowest BCUT2D eigenvalue weighted by molar-refractivity contribution is 0.410. The van der Waals surface area contributed by atoms with Gasteiger partial charge in [-0.15, -0.1) is 0 Å². The van der Waals surface area contributed by atoms with Crippen LogP contribution in [-0.2, 0) is 0 Å². The van der Waals surface area contributed by atoms with Gasteiger partial charge in [0.1, 0.15) is 12.4 Å². The van der Waals surface area contributed by atoms with E-state index in [0.29, 0.717) is 0 Å².